The molecule has 6 heteroatoms. The third kappa shape index (κ3) is 1.84. The lowest BCUT2D eigenvalue weighted by Gasteiger charge is -2.12. The highest BCUT2D eigenvalue weighted by atomic mass is 19.2. The number of aliphatic hydroxyl groups excluding tert-OH is 1. The fourth-order valence-corrected chi connectivity index (χ4v) is 1.71. The Balaban J connectivity index is 2.50. The number of nitrogen functional groups attached to an aromatic ring is 1. The first-order chi connectivity index (χ1) is 8.43. The Morgan fingerprint density at radius 1 is 1.28 bits per heavy atom. The molecule has 0 aliphatic carbocycles. The van der Waals surface area contributed by atoms with Gasteiger partial charge in [0.25, 0.3) is 0 Å². The maximum Gasteiger partial charge on any atom is 0.165 e. The molecule has 0 fully saturated rings. The van der Waals surface area contributed by atoms with Gasteiger partial charge in [0.15, 0.2) is 11.6 Å². The molecule has 4 nitrogen and oxygen atoms in total. The minimum atomic E-state index is -1.34. The van der Waals surface area contributed by atoms with Crippen molar-refractivity contribution in [2.75, 3.05) is 5.73 Å². The lowest BCUT2D eigenvalue weighted by molar-refractivity contribution is 0.214. The number of benzene rings is 1. The van der Waals surface area contributed by atoms with Crippen LogP contribution in [0.2, 0.25) is 0 Å². The van der Waals surface area contributed by atoms with E-state index in [0.29, 0.717) is 0 Å². The molecule has 0 radical (unpaired) electrons. The molecule has 1 heterocycles. The van der Waals surface area contributed by atoms with Crippen molar-refractivity contribution in [1.29, 1.82) is 0 Å². The summed E-state index contributed by atoms with van der Waals surface area (Å²) in [6, 6.07) is 2.74. The number of aliphatic hydroxyl groups is 1. The van der Waals surface area contributed by atoms with Gasteiger partial charge in [-0.2, -0.15) is 5.10 Å². The highest BCUT2D eigenvalue weighted by Gasteiger charge is 2.22. The van der Waals surface area contributed by atoms with Gasteiger partial charge in [-0.15, -0.1) is 0 Å². The van der Waals surface area contributed by atoms with Crippen molar-refractivity contribution in [2.45, 2.75) is 13.0 Å². The van der Waals surface area contributed by atoms with E-state index in [1.165, 1.54) is 29.9 Å². The molecule has 1 atom stereocenters. The van der Waals surface area contributed by atoms with Gasteiger partial charge in [0, 0.05) is 18.2 Å². The molecule has 96 valence electrons. The van der Waals surface area contributed by atoms with Crippen molar-refractivity contribution in [1.82, 2.24) is 9.78 Å². The summed E-state index contributed by atoms with van der Waals surface area (Å²) >= 11 is 0. The molecule has 2 aromatic rings. The van der Waals surface area contributed by atoms with Crippen molar-refractivity contribution < 1.29 is 13.9 Å². The second-order valence-corrected chi connectivity index (χ2v) is 4.11. The van der Waals surface area contributed by atoms with E-state index in [-0.39, 0.29) is 22.5 Å². The molecule has 0 spiro atoms. The lowest BCUT2D eigenvalue weighted by Crippen LogP contribution is -2.08. The van der Waals surface area contributed by atoms with Crippen molar-refractivity contribution in [3.63, 3.8) is 0 Å². The Hall–Kier alpha value is -1.95. The number of aromatic nitrogens is 2. The monoisotopic (exact) mass is 253 g/mol. The van der Waals surface area contributed by atoms with Gasteiger partial charge < -0.3 is 10.8 Å². The minimum absolute atomic E-state index is 0.155. The van der Waals surface area contributed by atoms with Crippen molar-refractivity contribution in [3.05, 3.63) is 46.7 Å². The molecule has 2 rings (SSSR count). The molecule has 3 N–H and O–H groups in total. The number of halogens is 2. The van der Waals surface area contributed by atoms with Gasteiger partial charge >= 0.3 is 0 Å². The smallest absolute Gasteiger partial charge is 0.165 e. The number of hydrogen-bond donors (Lipinski definition) is 2. The van der Waals surface area contributed by atoms with Gasteiger partial charge in [0.1, 0.15) is 11.9 Å². The van der Waals surface area contributed by atoms with E-state index >= 15 is 0 Å². The normalized spacial score (nSPS) is 12.7. The maximum absolute atomic E-state index is 13.7. The van der Waals surface area contributed by atoms with E-state index in [9.17, 15) is 13.9 Å². The quantitative estimate of drug-likeness (QED) is 0.855. The summed E-state index contributed by atoms with van der Waals surface area (Å²) in [7, 11) is 1.59. The van der Waals surface area contributed by atoms with Crippen molar-refractivity contribution >= 4 is 5.82 Å². The van der Waals surface area contributed by atoms with E-state index < -0.39 is 17.7 Å². The zero-order chi connectivity index (χ0) is 13.4. The summed E-state index contributed by atoms with van der Waals surface area (Å²) in [4.78, 5) is 0. The predicted octanol–water partition coefficient (Wildman–Crippen LogP) is 1.67. The van der Waals surface area contributed by atoms with Crippen LogP contribution in [0.15, 0.2) is 18.3 Å². The molecular weight excluding hydrogens is 240 g/mol. The first-order valence-electron chi connectivity index (χ1n) is 5.33. The van der Waals surface area contributed by atoms with Gasteiger partial charge in [-0.05, 0) is 12.5 Å². The van der Waals surface area contributed by atoms with Gasteiger partial charge in [-0.1, -0.05) is 12.1 Å². The highest BCUT2D eigenvalue weighted by Crippen LogP contribution is 2.29. The Morgan fingerprint density at radius 2 is 1.94 bits per heavy atom. The summed E-state index contributed by atoms with van der Waals surface area (Å²) in [6.07, 6.45) is -0.00852. The molecule has 0 saturated heterocycles. The van der Waals surface area contributed by atoms with Crippen LogP contribution in [0.3, 0.4) is 0 Å². The summed E-state index contributed by atoms with van der Waals surface area (Å²) < 4.78 is 28.5. The Kier molecular flexibility index (Phi) is 3.04. The number of rotatable bonds is 2. The molecular formula is C12H13F2N3O. The summed E-state index contributed by atoms with van der Waals surface area (Å²) in [5.74, 6) is -1.82. The van der Waals surface area contributed by atoms with Gasteiger partial charge in [-0.3, -0.25) is 4.68 Å². The van der Waals surface area contributed by atoms with Crippen LogP contribution in [-0.4, -0.2) is 14.9 Å². The zero-order valence-electron chi connectivity index (χ0n) is 9.98. The molecule has 0 aliphatic heterocycles. The second kappa shape index (κ2) is 4.38. The predicted molar refractivity (Wildman–Crippen MR) is 62.8 cm³/mol. The summed E-state index contributed by atoms with van der Waals surface area (Å²) in [6.45, 7) is 1.45. The number of nitrogens with two attached hydrogens (primary N) is 1. The Bertz CT molecular complexity index is 595. The van der Waals surface area contributed by atoms with E-state index in [1.54, 1.807) is 7.05 Å². The van der Waals surface area contributed by atoms with Gasteiger partial charge in [0.05, 0.1) is 6.20 Å². The number of nitrogens with zero attached hydrogens (tertiary/aromatic N) is 2. The van der Waals surface area contributed by atoms with Crippen LogP contribution in [-0.2, 0) is 7.05 Å². The average Bonchev–Trinajstić information content (AvgIpc) is 2.67. The van der Waals surface area contributed by atoms with E-state index in [0.717, 1.165) is 0 Å². The molecule has 0 amide bonds. The third-order valence-electron chi connectivity index (χ3n) is 2.91. The fourth-order valence-electron chi connectivity index (χ4n) is 1.71. The molecule has 1 unspecified atom stereocenters. The fraction of sp³-hybridized carbons (Fsp3) is 0.250. The number of anilines is 1. The molecule has 0 aliphatic rings. The highest BCUT2D eigenvalue weighted by molar-refractivity contribution is 5.45. The van der Waals surface area contributed by atoms with Crippen molar-refractivity contribution in [2.24, 2.45) is 7.05 Å². The van der Waals surface area contributed by atoms with Crippen LogP contribution < -0.4 is 5.73 Å². The van der Waals surface area contributed by atoms with Crippen LogP contribution in [0.25, 0.3) is 0 Å². The van der Waals surface area contributed by atoms with Crippen LogP contribution in [0.4, 0.5) is 14.6 Å². The van der Waals surface area contributed by atoms with E-state index in [2.05, 4.69) is 5.10 Å². The standard InChI is InChI=1S/C12H13F2N3O/c1-6-3-4-7(10(14)9(6)13)11(18)8-5-16-17(2)12(8)15/h3-5,11,18H,15H2,1-2H3. The largest absolute Gasteiger partial charge is 0.384 e. The molecule has 0 bridgehead atoms. The maximum atomic E-state index is 13.7. The van der Waals surface area contributed by atoms with Gasteiger partial charge in [0.2, 0.25) is 0 Å². The summed E-state index contributed by atoms with van der Waals surface area (Å²) in [5, 5.41) is 13.9. The molecule has 18 heavy (non-hydrogen) atoms. The minimum Gasteiger partial charge on any atom is -0.384 e. The van der Waals surface area contributed by atoms with Crippen molar-refractivity contribution in [3.8, 4) is 0 Å². The number of aryl methyl sites for hydroxylation is 2. The second-order valence-electron chi connectivity index (χ2n) is 4.11. The SMILES string of the molecule is Cc1ccc(C(O)c2cnn(C)c2N)c(F)c1F. The molecule has 0 saturated carbocycles. The zero-order valence-corrected chi connectivity index (χ0v) is 9.98. The topological polar surface area (TPSA) is 64.1 Å². The van der Waals surface area contributed by atoms with E-state index in [1.807, 2.05) is 0 Å². The molecule has 1 aromatic carbocycles. The third-order valence-corrected chi connectivity index (χ3v) is 2.91. The summed E-state index contributed by atoms with van der Waals surface area (Å²) in [5.41, 5.74) is 5.96. The first-order valence-corrected chi connectivity index (χ1v) is 5.33. The average molecular weight is 253 g/mol. The van der Waals surface area contributed by atoms with Gasteiger partial charge in [-0.25, -0.2) is 8.78 Å². The Morgan fingerprint density at radius 3 is 2.50 bits per heavy atom. The Labute approximate surface area is 103 Å². The van der Waals surface area contributed by atoms with Crippen LogP contribution in [0.5, 0.6) is 0 Å². The number of hydrogen-bond acceptors (Lipinski definition) is 3. The van der Waals surface area contributed by atoms with Crippen LogP contribution >= 0.6 is 0 Å². The first kappa shape index (κ1) is 12.5. The lowest BCUT2D eigenvalue weighted by atomic mass is 10.0. The van der Waals surface area contributed by atoms with Crippen LogP contribution in [0, 0.1) is 18.6 Å². The van der Waals surface area contributed by atoms with Crippen LogP contribution in [0.1, 0.15) is 22.8 Å². The molecule has 1 aromatic heterocycles. The van der Waals surface area contributed by atoms with E-state index in [4.69, 9.17) is 5.73 Å².